The van der Waals surface area contributed by atoms with E-state index < -0.39 is 17.6 Å². The van der Waals surface area contributed by atoms with Gasteiger partial charge in [0, 0.05) is 24.5 Å². The number of primary amides is 1. The van der Waals surface area contributed by atoms with Crippen molar-refractivity contribution >= 4 is 34.2 Å². The van der Waals surface area contributed by atoms with E-state index in [0.717, 1.165) is 6.07 Å². The molecule has 30 heavy (non-hydrogen) atoms. The van der Waals surface area contributed by atoms with Crippen molar-refractivity contribution in [2.75, 3.05) is 10.6 Å². The van der Waals surface area contributed by atoms with Crippen molar-refractivity contribution in [2.24, 2.45) is 5.73 Å². The van der Waals surface area contributed by atoms with Gasteiger partial charge in [-0.2, -0.15) is 13.2 Å². The summed E-state index contributed by atoms with van der Waals surface area (Å²) in [5.41, 5.74) is 5.90. The average Bonchev–Trinajstić information content (AvgIpc) is 2.65. The lowest BCUT2D eigenvalue weighted by Gasteiger charge is -2.14. The molecule has 0 fully saturated rings. The van der Waals surface area contributed by atoms with E-state index in [1.54, 1.807) is 12.1 Å². The second kappa shape index (κ2) is 7.97. The van der Waals surface area contributed by atoms with Crippen LogP contribution < -0.4 is 16.4 Å². The third-order valence-corrected chi connectivity index (χ3v) is 4.39. The molecule has 3 aromatic rings. The number of aryl methyl sites for hydroxylation is 1. The first kappa shape index (κ1) is 21.0. The number of hydrogen-bond acceptors (Lipinski definition) is 5. The third kappa shape index (κ3) is 4.48. The number of nitrogens with one attached hydrogen (secondary N) is 2. The SMILES string of the molecule is CC(=O)Nc1cc(C(N)=O)c2ncnc(NCc3ccc(C)c(C(F)(F)F)c3)c2c1. The Morgan fingerprint density at radius 3 is 2.50 bits per heavy atom. The molecule has 0 spiro atoms. The first-order valence-electron chi connectivity index (χ1n) is 8.83. The monoisotopic (exact) mass is 417 g/mol. The lowest BCUT2D eigenvalue weighted by Crippen LogP contribution is -2.14. The molecule has 3 rings (SSSR count). The number of anilines is 2. The zero-order chi connectivity index (χ0) is 22.1. The maximum atomic E-state index is 13.1. The summed E-state index contributed by atoms with van der Waals surface area (Å²) in [6, 6.07) is 7.01. The lowest BCUT2D eigenvalue weighted by molar-refractivity contribution is -0.138. The Morgan fingerprint density at radius 2 is 1.87 bits per heavy atom. The van der Waals surface area contributed by atoms with Gasteiger partial charge in [0.05, 0.1) is 16.6 Å². The largest absolute Gasteiger partial charge is 0.416 e. The third-order valence-electron chi connectivity index (χ3n) is 4.39. The van der Waals surface area contributed by atoms with E-state index in [9.17, 15) is 22.8 Å². The van der Waals surface area contributed by atoms with Crippen molar-refractivity contribution in [1.29, 1.82) is 0 Å². The van der Waals surface area contributed by atoms with Gasteiger partial charge >= 0.3 is 6.18 Å². The van der Waals surface area contributed by atoms with Crippen LogP contribution in [0.25, 0.3) is 10.9 Å². The quantitative estimate of drug-likeness (QED) is 0.587. The molecule has 1 heterocycles. The zero-order valence-electron chi connectivity index (χ0n) is 16.1. The fourth-order valence-corrected chi connectivity index (χ4v) is 3.04. The highest BCUT2D eigenvalue weighted by Crippen LogP contribution is 2.33. The molecule has 2 aromatic carbocycles. The van der Waals surface area contributed by atoms with Crippen molar-refractivity contribution in [3.05, 3.63) is 58.9 Å². The summed E-state index contributed by atoms with van der Waals surface area (Å²) in [4.78, 5) is 31.4. The Kier molecular flexibility index (Phi) is 5.59. The molecule has 0 aliphatic rings. The predicted octanol–water partition coefficient (Wildman–Crippen LogP) is 3.63. The Morgan fingerprint density at radius 1 is 1.13 bits per heavy atom. The Bertz CT molecular complexity index is 1150. The van der Waals surface area contributed by atoms with E-state index in [1.807, 2.05) is 0 Å². The van der Waals surface area contributed by atoms with E-state index in [1.165, 1.54) is 32.3 Å². The summed E-state index contributed by atoms with van der Waals surface area (Å²) >= 11 is 0. The highest BCUT2D eigenvalue weighted by Gasteiger charge is 2.32. The van der Waals surface area contributed by atoms with Crippen molar-refractivity contribution < 1.29 is 22.8 Å². The molecular weight excluding hydrogens is 399 g/mol. The van der Waals surface area contributed by atoms with Crippen molar-refractivity contribution in [2.45, 2.75) is 26.6 Å². The number of carbonyl (C=O) groups is 2. The van der Waals surface area contributed by atoms with Crippen LogP contribution in [0.3, 0.4) is 0 Å². The van der Waals surface area contributed by atoms with Crippen LogP contribution in [0.4, 0.5) is 24.7 Å². The number of aromatic nitrogens is 2. The first-order valence-corrected chi connectivity index (χ1v) is 8.83. The summed E-state index contributed by atoms with van der Waals surface area (Å²) < 4.78 is 39.4. The van der Waals surface area contributed by atoms with E-state index in [4.69, 9.17) is 5.73 Å². The molecule has 1 aromatic heterocycles. The molecule has 7 nitrogen and oxygen atoms in total. The van der Waals surface area contributed by atoms with Crippen molar-refractivity contribution in [3.8, 4) is 0 Å². The van der Waals surface area contributed by atoms with Gasteiger partial charge in [0.25, 0.3) is 5.91 Å². The number of amides is 2. The predicted molar refractivity (Wildman–Crippen MR) is 106 cm³/mol. The second-order valence-corrected chi connectivity index (χ2v) is 6.69. The number of rotatable bonds is 5. The number of fused-ring (bicyclic) bond motifs is 1. The smallest absolute Gasteiger partial charge is 0.366 e. The van der Waals surface area contributed by atoms with Crippen molar-refractivity contribution in [3.63, 3.8) is 0 Å². The van der Waals surface area contributed by atoms with E-state index in [0.29, 0.717) is 16.6 Å². The van der Waals surface area contributed by atoms with Crippen LogP contribution in [-0.2, 0) is 17.5 Å². The molecule has 0 aliphatic carbocycles. The van der Waals surface area contributed by atoms with Gasteiger partial charge in [-0.25, -0.2) is 9.97 Å². The number of nitrogens with two attached hydrogens (primary N) is 1. The van der Waals surface area contributed by atoms with Crippen LogP contribution in [-0.4, -0.2) is 21.8 Å². The number of hydrogen-bond donors (Lipinski definition) is 3. The Hall–Kier alpha value is -3.69. The molecule has 2 amide bonds. The summed E-state index contributed by atoms with van der Waals surface area (Å²) in [5.74, 6) is -0.815. The molecule has 0 saturated carbocycles. The lowest BCUT2D eigenvalue weighted by atomic mass is 10.0. The van der Waals surface area contributed by atoms with Gasteiger partial charge in [-0.05, 0) is 36.2 Å². The number of halogens is 3. The normalized spacial score (nSPS) is 11.4. The summed E-state index contributed by atoms with van der Waals surface area (Å²) in [5, 5.41) is 5.92. The van der Waals surface area contributed by atoms with Crippen LogP contribution in [0.2, 0.25) is 0 Å². The zero-order valence-corrected chi connectivity index (χ0v) is 16.1. The van der Waals surface area contributed by atoms with Crippen LogP contribution in [0.15, 0.2) is 36.7 Å². The first-order chi connectivity index (χ1) is 14.1. The highest BCUT2D eigenvalue weighted by molar-refractivity contribution is 6.09. The minimum Gasteiger partial charge on any atom is -0.366 e. The van der Waals surface area contributed by atoms with Crippen LogP contribution in [0, 0.1) is 6.92 Å². The Balaban J connectivity index is 2.00. The van der Waals surface area contributed by atoms with Gasteiger partial charge < -0.3 is 16.4 Å². The van der Waals surface area contributed by atoms with Gasteiger partial charge in [0.1, 0.15) is 12.1 Å². The van der Waals surface area contributed by atoms with Gasteiger partial charge in [-0.15, -0.1) is 0 Å². The molecule has 0 unspecified atom stereocenters. The number of carbonyl (C=O) groups excluding carboxylic acids is 2. The van der Waals surface area contributed by atoms with Crippen molar-refractivity contribution in [1.82, 2.24) is 9.97 Å². The fourth-order valence-electron chi connectivity index (χ4n) is 3.04. The molecule has 0 aliphatic heterocycles. The van der Waals surface area contributed by atoms with Crippen LogP contribution >= 0.6 is 0 Å². The molecule has 0 bridgehead atoms. The molecule has 0 radical (unpaired) electrons. The summed E-state index contributed by atoms with van der Waals surface area (Å²) in [6.07, 6.45) is -3.24. The minimum atomic E-state index is -4.45. The van der Waals surface area contributed by atoms with Gasteiger partial charge in [-0.3, -0.25) is 9.59 Å². The van der Waals surface area contributed by atoms with Gasteiger partial charge in [0.15, 0.2) is 0 Å². The highest BCUT2D eigenvalue weighted by atomic mass is 19.4. The topological polar surface area (TPSA) is 110 Å². The average molecular weight is 417 g/mol. The number of benzene rings is 2. The van der Waals surface area contributed by atoms with E-state index in [2.05, 4.69) is 20.6 Å². The van der Waals surface area contributed by atoms with Gasteiger partial charge in [0.2, 0.25) is 5.91 Å². The molecule has 0 atom stereocenters. The molecular formula is C20H18F3N5O2. The maximum Gasteiger partial charge on any atom is 0.416 e. The molecule has 156 valence electrons. The van der Waals surface area contributed by atoms with Crippen LogP contribution in [0.1, 0.15) is 34.0 Å². The second-order valence-electron chi connectivity index (χ2n) is 6.69. The molecule has 4 N–H and O–H groups in total. The maximum absolute atomic E-state index is 13.1. The number of alkyl halides is 3. The Labute approximate surface area is 169 Å². The molecule has 10 heteroatoms. The summed E-state index contributed by atoms with van der Waals surface area (Å²) in [6.45, 7) is 2.75. The van der Waals surface area contributed by atoms with Crippen LogP contribution in [0.5, 0.6) is 0 Å². The number of nitrogens with zero attached hydrogens (tertiary/aromatic N) is 2. The van der Waals surface area contributed by atoms with E-state index in [-0.39, 0.29) is 34.9 Å². The van der Waals surface area contributed by atoms with E-state index >= 15 is 0 Å². The fraction of sp³-hybridized carbons (Fsp3) is 0.200. The minimum absolute atomic E-state index is 0.0474. The standard InChI is InChI=1S/C20H18F3N5O2/c1-10-3-4-12(5-16(10)20(21,22)23)8-25-19-15-7-13(28-11(2)29)6-14(18(24)30)17(15)26-9-27-19/h3-7,9H,8H2,1-2H3,(H2,24,30)(H,28,29)(H,25,26,27). The summed E-state index contributed by atoms with van der Waals surface area (Å²) in [7, 11) is 0. The molecule has 0 saturated heterocycles. The van der Waals surface area contributed by atoms with Gasteiger partial charge in [-0.1, -0.05) is 12.1 Å².